The molecule has 0 bridgehead atoms. The van der Waals surface area contributed by atoms with E-state index in [9.17, 15) is 0 Å². The Bertz CT molecular complexity index is 1050. The van der Waals surface area contributed by atoms with Gasteiger partial charge in [0.15, 0.2) is 11.0 Å². The lowest BCUT2D eigenvalue weighted by Crippen LogP contribution is -2.00. The second kappa shape index (κ2) is 7.94. The van der Waals surface area contributed by atoms with Crippen molar-refractivity contribution >= 4 is 23.4 Å². The number of thioether (sulfide) groups is 1. The van der Waals surface area contributed by atoms with Gasteiger partial charge in [-0.05, 0) is 48.9 Å². The molecule has 4 aromatic rings. The molecule has 4 nitrogen and oxygen atoms in total. The first kappa shape index (κ1) is 17.8. The number of benzene rings is 2. The summed E-state index contributed by atoms with van der Waals surface area (Å²) in [5.74, 6) is 1.58. The number of nitrogens with zero attached hydrogens (tertiary/aromatic N) is 4. The van der Waals surface area contributed by atoms with E-state index in [0.717, 1.165) is 28.0 Å². The molecule has 0 aliphatic heterocycles. The summed E-state index contributed by atoms with van der Waals surface area (Å²) in [4.78, 5) is 4.21. The highest BCUT2D eigenvalue weighted by molar-refractivity contribution is 7.98. The van der Waals surface area contributed by atoms with Gasteiger partial charge in [0.1, 0.15) is 0 Å². The van der Waals surface area contributed by atoms with Crippen LogP contribution in [0.4, 0.5) is 0 Å². The van der Waals surface area contributed by atoms with Crippen LogP contribution in [0.2, 0.25) is 5.02 Å². The number of aryl methyl sites for hydroxylation is 1. The van der Waals surface area contributed by atoms with Crippen molar-refractivity contribution in [3.8, 4) is 17.1 Å². The molecule has 0 atom stereocenters. The molecule has 2 heterocycles. The van der Waals surface area contributed by atoms with Gasteiger partial charge in [-0.2, -0.15) is 0 Å². The average molecular weight is 393 g/mol. The summed E-state index contributed by atoms with van der Waals surface area (Å²) in [5, 5.41) is 10.4. The van der Waals surface area contributed by atoms with Crippen LogP contribution in [0, 0.1) is 6.92 Å². The van der Waals surface area contributed by atoms with Crippen molar-refractivity contribution in [1.82, 2.24) is 19.7 Å². The lowest BCUT2D eigenvalue weighted by atomic mass is 10.2. The number of aromatic nitrogens is 4. The summed E-state index contributed by atoms with van der Waals surface area (Å²) in [7, 11) is 0. The lowest BCUT2D eigenvalue weighted by molar-refractivity contribution is 0.886. The van der Waals surface area contributed by atoms with E-state index >= 15 is 0 Å². The molecule has 27 heavy (non-hydrogen) atoms. The summed E-state index contributed by atoms with van der Waals surface area (Å²) in [5.41, 5.74) is 4.40. The largest absolute Gasteiger partial charge is 0.270 e. The van der Waals surface area contributed by atoms with E-state index < -0.39 is 0 Å². The molecule has 0 aliphatic rings. The van der Waals surface area contributed by atoms with E-state index in [2.05, 4.69) is 46.4 Å². The van der Waals surface area contributed by atoms with Gasteiger partial charge in [0.2, 0.25) is 0 Å². The van der Waals surface area contributed by atoms with Crippen LogP contribution in [0.15, 0.2) is 78.2 Å². The highest BCUT2D eigenvalue weighted by Crippen LogP contribution is 2.30. The van der Waals surface area contributed by atoms with Crippen molar-refractivity contribution in [1.29, 1.82) is 0 Å². The van der Waals surface area contributed by atoms with Gasteiger partial charge in [-0.3, -0.25) is 9.55 Å². The van der Waals surface area contributed by atoms with E-state index in [-0.39, 0.29) is 0 Å². The predicted octanol–water partition coefficient (Wildman–Crippen LogP) is 5.58. The van der Waals surface area contributed by atoms with Gasteiger partial charge >= 0.3 is 0 Å². The Balaban J connectivity index is 1.73. The Morgan fingerprint density at radius 3 is 2.59 bits per heavy atom. The molecule has 0 N–H and O–H groups in total. The molecule has 2 aromatic heterocycles. The molecule has 134 valence electrons. The molecule has 0 spiro atoms. The Morgan fingerprint density at radius 1 is 1.00 bits per heavy atom. The molecule has 2 aromatic carbocycles. The van der Waals surface area contributed by atoms with Crippen molar-refractivity contribution in [2.45, 2.75) is 17.8 Å². The molecular formula is C21H17ClN4S. The van der Waals surface area contributed by atoms with E-state index in [1.165, 1.54) is 11.1 Å². The minimum absolute atomic E-state index is 0.698. The summed E-state index contributed by atoms with van der Waals surface area (Å²) in [6.07, 6.45) is 3.55. The number of hydrogen-bond donors (Lipinski definition) is 0. The third kappa shape index (κ3) is 4.04. The average Bonchev–Trinajstić information content (AvgIpc) is 3.12. The van der Waals surface area contributed by atoms with Crippen LogP contribution in [0.5, 0.6) is 0 Å². The number of pyridine rings is 1. The van der Waals surface area contributed by atoms with Crippen molar-refractivity contribution < 1.29 is 0 Å². The molecule has 6 heteroatoms. The Labute approximate surface area is 167 Å². The number of hydrogen-bond acceptors (Lipinski definition) is 4. The smallest absolute Gasteiger partial charge is 0.196 e. The molecule has 0 saturated heterocycles. The number of halogens is 1. The highest BCUT2D eigenvalue weighted by Gasteiger charge is 2.16. The van der Waals surface area contributed by atoms with Gasteiger partial charge in [0.05, 0.1) is 0 Å². The fraction of sp³-hybridized carbons (Fsp3) is 0.0952. The van der Waals surface area contributed by atoms with E-state index in [1.807, 2.05) is 41.0 Å². The van der Waals surface area contributed by atoms with Crippen LogP contribution < -0.4 is 0 Å². The fourth-order valence-corrected chi connectivity index (χ4v) is 3.84. The zero-order valence-corrected chi connectivity index (χ0v) is 16.3. The third-order valence-electron chi connectivity index (χ3n) is 4.09. The first-order valence-corrected chi connectivity index (χ1v) is 9.87. The summed E-state index contributed by atoms with van der Waals surface area (Å²) < 4.78 is 2.05. The fourth-order valence-electron chi connectivity index (χ4n) is 2.82. The normalized spacial score (nSPS) is 10.9. The maximum absolute atomic E-state index is 6.07. The van der Waals surface area contributed by atoms with Gasteiger partial charge in [0.25, 0.3) is 0 Å². The molecule has 0 amide bonds. The van der Waals surface area contributed by atoms with Gasteiger partial charge in [-0.25, -0.2) is 0 Å². The maximum Gasteiger partial charge on any atom is 0.196 e. The van der Waals surface area contributed by atoms with E-state index in [0.29, 0.717) is 5.02 Å². The second-order valence-corrected chi connectivity index (χ2v) is 7.52. The predicted molar refractivity (Wildman–Crippen MR) is 110 cm³/mol. The molecule has 0 aliphatic carbocycles. The molecule has 0 saturated carbocycles. The second-order valence-electron chi connectivity index (χ2n) is 6.14. The van der Waals surface area contributed by atoms with Crippen LogP contribution in [0.3, 0.4) is 0 Å². The Kier molecular flexibility index (Phi) is 5.23. The molecule has 0 fully saturated rings. The first-order chi connectivity index (χ1) is 13.2. The molecular weight excluding hydrogens is 376 g/mol. The molecule has 0 unspecified atom stereocenters. The summed E-state index contributed by atoms with van der Waals surface area (Å²) >= 11 is 7.73. The van der Waals surface area contributed by atoms with E-state index in [4.69, 9.17) is 11.6 Å². The zero-order chi connectivity index (χ0) is 18.6. The quantitative estimate of drug-likeness (QED) is 0.415. The third-order valence-corrected chi connectivity index (χ3v) is 5.34. The standard InChI is InChI=1S/C21H17ClN4S/c1-15-4-2-5-16(12-15)14-27-21-25-24-20(17-6-3-11-23-13-17)26(21)19-9-7-18(22)8-10-19/h2-13H,14H2,1H3. The molecule has 4 rings (SSSR count). The van der Waals surface area contributed by atoms with Crippen LogP contribution >= 0.6 is 23.4 Å². The van der Waals surface area contributed by atoms with Crippen molar-refractivity contribution in [2.75, 3.05) is 0 Å². The lowest BCUT2D eigenvalue weighted by Gasteiger charge is -2.10. The van der Waals surface area contributed by atoms with Crippen LogP contribution in [-0.2, 0) is 5.75 Å². The van der Waals surface area contributed by atoms with E-state index in [1.54, 1.807) is 24.2 Å². The van der Waals surface area contributed by atoms with Gasteiger partial charge in [-0.1, -0.05) is 53.2 Å². The minimum atomic E-state index is 0.698. The highest BCUT2D eigenvalue weighted by atomic mass is 35.5. The summed E-state index contributed by atoms with van der Waals surface area (Å²) in [6, 6.07) is 20.1. The summed E-state index contributed by atoms with van der Waals surface area (Å²) in [6.45, 7) is 2.10. The van der Waals surface area contributed by atoms with Crippen LogP contribution in [-0.4, -0.2) is 19.7 Å². The monoisotopic (exact) mass is 392 g/mol. The van der Waals surface area contributed by atoms with Crippen molar-refractivity contribution in [3.05, 3.63) is 89.2 Å². The van der Waals surface area contributed by atoms with Gasteiger partial charge in [0, 0.05) is 34.4 Å². The minimum Gasteiger partial charge on any atom is -0.270 e. The number of rotatable bonds is 5. The van der Waals surface area contributed by atoms with Crippen LogP contribution in [0.25, 0.3) is 17.1 Å². The van der Waals surface area contributed by atoms with Crippen molar-refractivity contribution in [2.24, 2.45) is 0 Å². The van der Waals surface area contributed by atoms with Crippen molar-refractivity contribution in [3.63, 3.8) is 0 Å². The maximum atomic E-state index is 6.07. The topological polar surface area (TPSA) is 43.6 Å². The van der Waals surface area contributed by atoms with Gasteiger partial charge in [-0.15, -0.1) is 10.2 Å². The SMILES string of the molecule is Cc1cccc(CSc2nnc(-c3cccnc3)n2-c2ccc(Cl)cc2)c1. The zero-order valence-electron chi connectivity index (χ0n) is 14.7. The Hall–Kier alpha value is -2.63. The van der Waals surface area contributed by atoms with Gasteiger partial charge < -0.3 is 0 Å². The first-order valence-electron chi connectivity index (χ1n) is 8.51. The Morgan fingerprint density at radius 2 is 1.85 bits per heavy atom. The van der Waals surface area contributed by atoms with Crippen LogP contribution in [0.1, 0.15) is 11.1 Å². The molecule has 0 radical (unpaired) electrons.